The molecule has 0 amide bonds. The summed E-state index contributed by atoms with van der Waals surface area (Å²) in [6.45, 7) is 6.92. The number of ether oxygens (including phenoxy) is 1. The van der Waals surface area contributed by atoms with E-state index in [9.17, 15) is 14.3 Å². The molecular formula is C27H55O6PS. The van der Waals surface area contributed by atoms with E-state index >= 15 is 0 Å². The van der Waals surface area contributed by atoms with Crippen LogP contribution in [0.2, 0.25) is 0 Å². The van der Waals surface area contributed by atoms with Crippen molar-refractivity contribution in [3.8, 4) is 0 Å². The van der Waals surface area contributed by atoms with Crippen LogP contribution in [-0.4, -0.2) is 46.0 Å². The lowest BCUT2D eigenvalue weighted by molar-refractivity contribution is 0.0537. The first-order valence-corrected chi connectivity index (χ1v) is 16.9. The number of carboxylic acid groups (broad SMARTS) is 1. The fourth-order valence-corrected chi connectivity index (χ4v) is 5.93. The monoisotopic (exact) mass is 538 g/mol. The zero-order valence-corrected chi connectivity index (χ0v) is 24.6. The molecule has 0 aliphatic heterocycles. The minimum atomic E-state index is -4.55. The van der Waals surface area contributed by atoms with E-state index in [-0.39, 0.29) is 12.7 Å². The predicted octanol–water partition coefficient (Wildman–Crippen LogP) is 9.43. The Hall–Kier alpha value is -0.0700. The van der Waals surface area contributed by atoms with Crippen LogP contribution in [0.3, 0.4) is 0 Å². The van der Waals surface area contributed by atoms with Crippen LogP contribution < -0.4 is 0 Å². The molecule has 0 spiro atoms. The smallest absolute Gasteiger partial charge is 0.435 e. The maximum atomic E-state index is 11.3. The van der Waals surface area contributed by atoms with E-state index in [0.717, 1.165) is 6.42 Å². The Morgan fingerprint density at radius 2 is 1.26 bits per heavy atom. The van der Waals surface area contributed by atoms with Crippen molar-refractivity contribution in [2.45, 2.75) is 148 Å². The Labute approximate surface area is 220 Å². The van der Waals surface area contributed by atoms with E-state index in [4.69, 9.17) is 9.84 Å². The van der Waals surface area contributed by atoms with Gasteiger partial charge in [0.2, 0.25) is 0 Å². The van der Waals surface area contributed by atoms with Gasteiger partial charge in [0.1, 0.15) is 0 Å². The van der Waals surface area contributed by atoms with E-state index in [1.807, 2.05) is 11.8 Å². The van der Waals surface area contributed by atoms with Gasteiger partial charge in [-0.25, -0.2) is 9.36 Å². The number of hydrogen-bond donors (Lipinski definition) is 2. The third-order valence-corrected chi connectivity index (χ3v) is 8.96. The second kappa shape index (κ2) is 24.3. The molecule has 0 bridgehead atoms. The molecule has 0 rings (SSSR count). The molecule has 35 heavy (non-hydrogen) atoms. The molecule has 0 radical (unpaired) electrons. The molecule has 3 unspecified atom stereocenters. The predicted molar refractivity (Wildman–Crippen MR) is 150 cm³/mol. The molecule has 0 aromatic heterocycles. The van der Waals surface area contributed by atoms with Crippen LogP contribution in [0, 0.1) is 0 Å². The normalized spacial score (nSPS) is 15.1. The molecule has 0 aliphatic carbocycles. The quantitative estimate of drug-likeness (QED) is 0.0794. The number of hydrogen-bond acceptors (Lipinski definition) is 5. The van der Waals surface area contributed by atoms with Crippen LogP contribution in [0.4, 0.5) is 4.79 Å². The summed E-state index contributed by atoms with van der Waals surface area (Å²) in [7, 11) is -4.55. The first-order chi connectivity index (χ1) is 16.8. The van der Waals surface area contributed by atoms with Crippen LogP contribution in [0.5, 0.6) is 0 Å². The van der Waals surface area contributed by atoms with Crippen molar-refractivity contribution in [3.05, 3.63) is 0 Å². The number of rotatable bonds is 27. The largest absolute Gasteiger partial charge is 0.472 e. The number of unbranched alkanes of at least 4 members (excludes halogenated alkanes) is 14. The SMILES string of the molecule is CCCCCCCCCCCCSC(CCCCCCCC)C(C)OCCCOP(=O)(O)C(=O)O. The zero-order valence-electron chi connectivity index (χ0n) is 22.9. The summed E-state index contributed by atoms with van der Waals surface area (Å²) in [5.41, 5.74) is -1.81. The van der Waals surface area contributed by atoms with Crippen molar-refractivity contribution in [2.24, 2.45) is 0 Å². The Morgan fingerprint density at radius 3 is 1.77 bits per heavy atom. The summed E-state index contributed by atoms with van der Waals surface area (Å²) in [5.74, 6) is 1.17. The topological polar surface area (TPSA) is 93.1 Å². The van der Waals surface area contributed by atoms with Gasteiger partial charge in [-0.1, -0.05) is 110 Å². The first-order valence-electron chi connectivity index (χ1n) is 14.3. The van der Waals surface area contributed by atoms with Crippen molar-refractivity contribution in [2.75, 3.05) is 19.0 Å². The zero-order chi connectivity index (χ0) is 26.2. The summed E-state index contributed by atoms with van der Waals surface area (Å²) < 4.78 is 21.9. The van der Waals surface area contributed by atoms with Gasteiger partial charge in [-0.3, -0.25) is 0 Å². The molecule has 0 saturated carbocycles. The van der Waals surface area contributed by atoms with E-state index in [1.54, 1.807) is 0 Å². The Morgan fingerprint density at radius 1 is 0.771 bits per heavy atom. The first kappa shape index (κ1) is 34.9. The molecule has 0 aliphatic rings. The maximum absolute atomic E-state index is 11.3. The highest BCUT2D eigenvalue weighted by Gasteiger charge is 2.29. The van der Waals surface area contributed by atoms with Gasteiger partial charge in [0.25, 0.3) is 0 Å². The molecule has 3 atom stereocenters. The van der Waals surface area contributed by atoms with Gasteiger partial charge in [0.05, 0.1) is 12.7 Å². The average molecular weight is 539 g/mol. The summed E-state index contributed by atoms with van der Waals surface area (Å²) in [6, 6.07) is 0. The summed E-state index contributed by atoms with van der Waals surface area (Å²) in [6.07, 6.45) is 22.9. The van der Waals surface area contributed by atoms with Gasteiger partial charge in [0, 0.05) is 11.9 Å². The van der Waals surface area contributed by atoms with Crippen LogP contribution in [-0.2, 0) is 13.8 Å². The second-order valence-electron chi connectivity index (χ2n) is 9.71. The number of carbonyl (C=O) groups is 1. The summed E-state index contributed by atoms with van der Waals surface area (Å²) in [4.78, 5) is 19.8. The van der Waals surface area contributed by atoms with Crippen LogP contribution in [0.15, 0.2) is 0 Å². The molecule has 8 heteroatoms. The molecule has 0 saturated heterocycles. The van der Waals surface area contributed by atoms with Crippen LogP contribution >= 0.6 is 19.4 Å². The third kappa shape index (κ3) is 21.7. The fraction of sp³-hybridized carbons (Fsp3) is 0.963. The molecule has 2 N–H and O–H groups in total. The Balaban J connectivity index is 4.15. The minimum absolute atomic E-state index is 0.0965. The fourth-order valence-electron chi connectivity index (χ4n) is 4.08. The van der Waals surface area contributed by atoms with Crippen molar-refractivity contribution >= 4 is 25.1 Å². The minimum Gasteiger partial charge on any atom is -0.472 e. The lowest BCUT2D eigenvalue weighted by Gasteiger charge is -2.24. The highest BCUT2D eigenvalue weighted by Crippen LogP contribution is 2.42. The average Bonchev–Trinajstić information content (AvgIpc) is 2.82. The van der Waals surface area contributed by atoms with E-state index in [2.05, 4.69) is 25.3 Å². The van der Waals surface area contributed by atoms with Crippen LogP contribution in [0.25, 0.3) is 0 Å². The van der Waals surface area contributed by atoms with Crippen molar-refractivity contribution < 1.29 is 28.6 Å². The Bertz CT molecular complexity index is 534. The van der Waals surface area contributed by atoms with Crippen molar-refractivity contribution in [1.82, 2.24) is 0 Å². The molecule has 0 aromatic rings. The summed E-state index contributed by atoms with van der Waals surface area (Å²) >= 11 is 2.03. The standard InChI is InChI=1S/C27H55O6PS/c1-4-6-8-10-12-13-14-15-17-19-24-35-26(21-18-16-11-9-7-5-2)25(3)32-22-20-23-33-34(30,31)27(28)29/h25-26H,4-24H2,1-3H3,(H,28,29)(H,30,31). The lowest BCUT2D eigenvalue weighted by Crippen LogP contribution is -2.25. The molecule has 0 aromatic carbocycles. The highest BCUT2D eigenvalue weighted by molar-refractivity contribution is 7.99. The molecule has 210 valence electrons. The molecule has 0 heterocycles. The molecule has 0 fully saturated rings. The van der Waals surface area contributed by atoms with E-state index in [1.165, 1.54) is 108 Å². The van der Waals surface area contributed by atoms with Gasteiger partial charge >= 0.3 is 13.3 Å². The molecule has 6 nitrogen and oxygen atoms in total. The Kier molecular flexibility index (Phi) is 24.2. The van der Waals surface area contributed by atoms with Crippen LogP contribution in [0.1, 0.15) is 136 Å². The van der Waals surface area contributed by atoms with E-state index < -0.39 is 13.3 Å². The maximum Gasteiger partial charge on any atom is 0.435 e. The van der Waals surface area contributed by atoms with Crippen molar-refractivity contribution in [3.63, 3.8) is 0 Å². The van der Waals surface area contributed by atoms with Gasteiger partial charge < -0.3 is 19.3 Å². The van der Waals surface area contributed by atoms with Crippen molar-refractivity contribution in [1.29, 1.82) is 0 Å². The third-order valence-electron chi connectivity index (χ3n) is 6.37. The lowest BCUT2D eigenvalue weighted by atomic mass is 10.1. The van der Waals surface area contributed by atoms with Gasteiger partial charge in [0.15, 0.2) is 0 Å². The second-order valence-corrected chi connectivity index (χ2v) is 12.7. The van der Waals surface area contributed by atoms with E-state index in [0.29, 0.717) is 18.3 Å². The number of thioether (sulfide) groups is 1. The molecular weight excluding hydrogens is 483 g/mol. The van der Waals surface area contributed by atoms with Gasteiger partial charge in [-0.05, 0) is 31.9 Å². The highest BCUT2D eigenvalue weighted by atomic mass is 32.2. The van der Waals surface area contributed by atoms with Gasteiger partial charge in [-0.15, -0.1) is 0 Å². The van der Waals surface area contributed by atoms with Gasteiger partial charge in [-0.2, -0.15) is 11.8 Å². The summed E-state index contributed by atoms with van der Waals surface area (Å²) in [5, 5.41) is 9.09.